The van der Waals surface area contributed by atoms with Crippen molar-refractivity contribution in [2.45, 2.75) is 40.0 Å². The molecule has 0 aliphatic heterocycles. The number of aliphatic carboxylic acids is 1. The molecule has 11 heavy (non-hydrogen) atoms. The van der Waals surface area contributed by atoms with Crippen LogP contribution in [-0.2, 0) is 4.79 Å². The Morgan fingerprint density at radius 3 is 2.09 bits per heavy atom. The third kappa shape index (κ3) is 12.9. The zero-order chi connectivity index (χ0) is 8.20. The first-order chi connectivity index (χ1) is 4.42. The summed E-state index contributed by atoms with van der Waals surface area (Å²) >= 11 is 0. The summed E-state index contributed by atoms with van der Waals surface area (Å²) in [5.74, 6) is -0.691. The van der Waals surface area contributed by atoms with Crippen molar-refractivity contribution in [1.82, 2.24) is 0 Å². The molecule has 0 bridgehead atoms. The van der Waals surface area contributed by atoms with Crippen LogP contribution in [0.4, 0.5) is 0 Å². The van der Waals surface area contributed by atoms with E-state index >= 15 is 0 Å². The lowest BCUT2D eigenvalue weighted by atomic mass is 9.90. The number of hydrogen-bond acceptors (Lipinski definition) is 1. The first-order valence-electron chi connectivity index (χ1n) is 3.63. The Labute approximate surface area is 74.4 Å². The molecule has 0 rings (SSSR count). The van der Waals surface area contributed by atoms with Crippen molar-refractivity contribution >= 4 is 18.4 Å². The van der Waals surface area contributed by atoms with Crippen molar-refractivity contribution in [3.05, 3.63) is 0 Å². The summed E-state index contributed by atoms with van der Waals surface area (Å²) in [5, 5.41) is 8.31. The van der Waals surface area contributed by atoms with E-state index in [2.05, 4.69) is 20.8 Å². The number of rotatable bonds is 3. The number of hydrogen-bond donors (Lipinski definition) is 1. The Balaban J connectivity index is 0. The lowest BCUT2D eigenvalue weighted by Crippen LogP contribution is -2.05. The maximum atomic E-state index is 10.1. The van der Waals surface area contributed by atoms with Crippen LogP contribution >= 0.6 is 12.4 Å². The number of carbonyl (C=O) groups is 1. The maximum Gasteiger partial charge on any atom is 0.303 e. The number of carboxylic acid groups (broad SMARTS) is 1. The fourth-order valence-corrected chi connectivity index (χ4v) is 0.770. The topological polar surface area (TPSA) is 37.3 Å². The average molecular weight is 181 g/mol. The first kappa shape index (κ1) is 13.4. The van der Waals surface area contributed by atoms with Gasteiger partial charge in [0.25, 0.3) is 0 Å². The number of carboxylic acids is 1. The summed E-state index contributed by atoms with van der Waals surface area (Å²) in [5.41, 5.74) is 0.273. The van der Waals surface area contributed by atoms with E-state index in [4.69, 9.17) is 5.11 Å². The Bertz CT molecular complexity index is 116. The summed E-state index contributed by atoms with van der Waals surface area (Å²) in [7, 11) is 0. The molecule has 0 heterocycles. The van der Waals surface area contributed by atoms with E-state index in [1.165, 1.54) is 0 Å². The molecule has 0 unspecified atom stereocenters. The van der Waals surface area contributed by atoms with Gasteiger partial charge in [0.2, 0.25) is 0 Å². The fourth-order valence-electron chi connectivity index (χ4n) is 0.770. The lowest BCUT2D eigenvalue weighted by Gasteiger charge is -2.16. The molecule has 0 amide bonds. The highest BCUT2D eigenvalue weighted by molar-refractivity contribution is 5.85. The third-order valence-electron chi connectivity index (χ3n) is 1.32. The Hall–Kier alpha value is -0.240. The molecule has 2 nitrogen and oxygen atoms in total. The zero-order valence-corrected chi connectivity index (χ0v) is 8.20. The van der Waals surface area contributed by atoms with Crippen molar-refractivity contribution in [2.75, 3.05) is 0 Å². The van der Waals surface area contributed by atoms with Gasteiger partial charge in [-0.15, -0.1) is 12.4 Å². The second-order valence-corrected chi connectivity index (χ2v) is 3.81. The van der Waals surface area contributed by atoms with Gasteiger partial charge in [0, 0.05) is 6.42 Å². The standard InChI is InChI=1S/C8H16O2.ClH/c1-8(2,3)6-4-5-7(9)10;/h4-6H2,1-3H3,(H,9,10);1H. The minimum atomic E-state index is -0.691. The third-order valence-corrected chi connectivity index (χ3v) is 1.32. The Morgan fingerprint density at radius 2 is 1.82 bits per heavy atom. The van der Waals surface area contributed by atoms with E-state index in [1.54, 1.807) is 0 Å². The molecule has 0 aromatic heterocycles. The van der Waals surface area contributed by atoms with Crippen LogP contribution in [0.25, 0.3) is 0 Å². The van der Waals surface area contributed by atoms with E-state index in [1.807, 2.05) is 0 Å². The van der Waals surface area contributed by atoms with Gasteiger partial charge in [-0.2, -0.15) is 0 Å². The molecule has 1 N–H and O–H groups in total. The maximum absolute atomic E-state index is 10.1. The van der Waals surface area contributed by atoms with Crippen LogP contribution in [0.1, 0.15) is 40.0 Å². The monoisotopic (exact) mass is 180 g/mol. The second-order valence-electron chi connectivity index (χ2n) is 3.81. The molecule has 68 valence electrons. The van der Waals surface area contributed by atoms with E-state index in [9.17, 15) is 4.79 Å². The molecular formula is C8H17ClO2. The van der Waals surface area contributed by atoms with Crippen LogP contribution in [0.3, 0.4) is 0 Å². The smallest absolute Gasteiger partial charge is 0.303 e. The van der Waals surface area contributed by atoms with Gasteiger partial charge >= 0.3 is 5.97 Å². The van der Waals surface area contributed by atoms with Crippen LogP contribution in [-0.4, -0.2) is 11.1 Å². The average Bonchev–Trinajstić information content (AvgIpc) is 1.59. The van der Waals surface area contributed by atoms with Crippen molar-refractivity contribution < 1.29 is 9.90 Å². The highest BCUT2D eigenvalue weighted by Crippen LogP contribution is 2.21. The van der Waals surface area contributed by atoms with Crippen molar-refractivity contribution in [1.29, 1.82) is 0 Å². The molecule has 3 heteroatoms. The van der Waals surface area contributed by atoms with E-state index < -0.39 is 5.97 Å². The molecular weight excluding hydrogens is 164 g/mol. The van der Waals surface area contributed by atoms with Gasteiger partial charge in [0.15, 0.2) is 0 Å². The van der Waals surface area contributed by atoms with Gasteiger partial charge in [-0.1, -0.05) is 20.8 Å². The van der Waals surface area contributed by atoms with E-state index in [0.717, 1.165) is 12.8 Å². The number of halogens is 1. The van der Waals surface area contributed by atoms with Crippen LogP contribution < -0.4 is 0 Å². The normalized spacial score (nSPS) is 10.5. The van der Waals surface area contributed by atoms with Gasteiger partial charge in [0.1, 0.15) is 0 Å². The molecule has 0 atom stereocenters. The largest absolute Gasteiger partial charge is 0.481 e. The quantitative estimate of drug-likeness (QED) is 0.725. The predicted octanol–water partition coefficient (Wildman–Crippen LogP) is 2.71. The molecule has 0 aliphatic carbocycles. The lowest BCUT2D eigenvalue weighted by molar-refractivity contribution is -0.137. The summed E-state index contributed by atoms with van der Waals surface area (Å²) in [6.07, 6.45) is 2.08. The summed E-state index contributed by atoms with van der Waals surface area (Å²) in [6, 6.07) is 0. The fraction of sp³-hybridized carbons (Fsp3) is 0.875. The predicted molar refractivity (Wildman–Crippen MR) is 48.2 cm³/mol. The zero-order valence-electron chi connectivity index (χ0n) is 7.39. The van der Waals surface area contributed by atoms with Crippen LogP contribution in [0.2, 0.25) is 0 Å². The van der Waals surface area contributed by atoms with Crippen molar-refractivity contribution in [2.24, 2.45) is 5.41 Å². The highest BCUT2D eigenvalue weighted by Gasteiger charge is 2.09. The minimum absolute atomic E-state index is 0. The first-order valence-corrected chi connectivity index (χ1v) is 3.63. The minimum Gasteiger partial charge on any atom is -0.481 e. The van der Waals surface area contributed by atoms with Gasteiger partial charge in [0.05, 0.1) is 0 Å². The summed E-state index contributed by atoms with van der Waals surface area (Å²) in [4.78, 5) is 10.1. The van der Waals surface area contributed by atoms with Gasteiger partial charge in [-0.3, -0.25) is 4.79 Å². The molecule has 0 radical (unpaired) electrons. The van der Waals surface area contributed by atoms with E-state index in [-0.39, 0.29) is 17.8 Å². The van der Waals surface area contributed by atoms with Crippen LogP contribution in [0, 0.1) is 5.41 Å². The molecule has 0 saturated carbocycles. The highest BCUT2D eigenvalue weighted by atomic mass is 35.5. The molecule has 0 fully saturated rings. The van der Waals surface area contributed by atoms with Crippen molar-refractivity contribution in [3.63, 3.8) is 0 Å². The molecule has 0 aromatic rings. The van der Waals surface area contributed by atoms with Gasteiger partial charge in [-0.05, 0) is 18.3 Å². The summed E-state index contributed by atoms with van der Waals surface area (Å²) in [6.45, 7) is 6.36. The molecule has 0 saturated heterocycles. The second kappa shape index (κ2) is 5.42. The molecule has 0 spiro atoms. The van der Waals surface area contributed by atoms with Crippen LogP contribution in [0.5, 0.6) is 0 Å². The Morgan fingerprint density at radius 1 is 1.36 bits per heavy atom. The molecule has 0 aliphatic rings. The summed E-state index contributed by atoms with van der Waals surface area (Å²) < 4.78 is 0. The molecule has 0 aromatic carbocycles. The Kier molecular flexibility index (Phi) is 6.58. The van der Waals surface area contributed by atoms with Gasteiger partial charge in [-0.25, -0.2) is 0 Å². The van der Waals surface area contributed by atoms with E-state index in [0.29, 0.717) is 6.42 Å². The SMILES string of the molecule is CC(C)(C)CCCC(=O)O.Cl. The van der Waals surface area contributed by atoms with Crippen LogP contribution in [0.15, 0.2) is 0 Å². The van der Waals surface area contributed by atoms with Gasteiger partial charge < -0.3 is 5.11 Å². The van der Waals surface area contributed by atoms with Crippen molar-refractivity contribution in [3.8, 4) is 0 Å².